The van der Waals surface area contributed by atoms with Crippen LogP contribution in [0.1, 0.15) is 21.7 Å². The zero-order chi connectivity index (χ0) is 22.3. The number of benzene rings is 2. The van der Waals surface area contributed by atoms with Crippen LogP contribution in [0.2, 0.25) is 5.02 Å². The molecule has 158 valence electrons. The molecule has 0 unspecified atom stereocenters. The number of amides is 1. The quantitative estimate of drug-likeness (QED) is 0.473. The summed E-state index contributed by atoms with van der Waals surface area (Å²) >= 11 is 6.00. The minimum atomic E-state index is -5.05. The fourth-order valence-corrected chi connectivity index (χ4v) is 2.88. The highest BCUT2D eigenvalue weighted by Gasteiger charge is 2.42. The molecule has 0 saturated heterocycles. The Morgan fingerprint density at radius 1 is 0.967 bits per heavy atom. The maximum atomic E-state index is 13.2. The van der Waals surface area contributed by atoms with E-state index in [0.717, 1.165) is 12.1 Å². The Balaban J connectivity index is 1.95. The van der Waals surface area contributed by atoms with Gasteiger partial charge in [-0.3, -0.25) is 4.79 Å². The number of hydrogen-bond donors (Lipinski definition) is 0. The molecule has 3 aromatic rings. The van der Waals surface area contributed by atoms with E-state index in [1.165, 1.54) is 36.2 Å². The second-order valence-corrected chi connectivity index (χ2v) is 6.59. The third-order valence-electron chi connectivity index (χ3n) is 4.18. The van der Waals surface area contributed by atoms with Crippen molar-refractivity contribution in [2.45, 2.75) is 12.4 Å². The van der Waals surface area contributed by atoms with Gasteiger partial charge >= 0.3 is 12.4 Å². The molecule has 0 fully saturated rings. The number of carbonyl (C=O) groups excluding carboxylic acids is 1. The first kappa shape index (κ1) is 21.7. The van der Waals surface area contributed by atoms with Gasteiger partial charge < -0.3 is 4.90 Å². The Morgan fingerprint density at radius 3 is 2.10 bits per heavy atom. The third kappa shape index (κ3) is 4.28. The van der Waals surface area contributed by atoms with E-state index in [1.54, 1.807) is 12.1 Å². The number of nitrogens with zero attached hydrogens (tertiary/aromatic N) is 3. The molecule has 0 saturated carbocycles. The average molecular weight is 448 g/mol. The molecule has 0 spiro atoms. The number of carbonyl (C=O) groups is 1. The maximum Gasteiger partial charge on any atom is 0.435 e. The van der Waals surface area contributed by atoms with E-state index in [2.05, 4.69) is 5.10 Å². The smallest absolute Gasteiger partial charge is 0.311 e. The minimum Gasteiger partial charge on any atom is -0.311 e. The second kappa shape index (κ2) is 7.67. The molecule has 1 heterocycles. The Bertz CT molecular complexity index is 1070. The highest BCUT2D eigenvalue weighted by Crippen LogP contribution is 2.36. The standard InChI is InChI=1S/C19H12ClF6N3O/c1-28(17(30)13-4-2-3-5-14(13)20)11-6-8-12(9-7-11)29-16(19(24,25)26)10-15(27-29)18(21,22)23/h2-10H,1H3. The molecule has 0 radical (unpaired) electrons. The highest BCUT2D eigenvalue weighted by atomic mass is 35.5. The van der Waals surface area contributed by atoms with Gasteiger partial charge in [-0.15, -0.1) is 0 Å². The fraction of sp³-hybridized carbons (Fsp3) is 0.158. The van der Waals surface area contributed by atoms with Gasteiger partial charge in [-0.2, -0.15) is 31.4 Å². The Hall–Kier alpha value is -3.01. The molecule has 4 nitrogen and oxygen atoms in total. The molecule has 11 heteroatoms. The average Bonchev–Trinajstić information content (AvgIpc) is 3.14. The van der Waals surface area contributed by atoms with Gasteiger partial charge in [-0.25, -0.2) is 4.68 Å². The van der Waals surface area contributed by atoms with Crippen LogP contribution in [0.4, 0.5) is 32.0 Å². The number of rotatable bonds is 3. The van der Waals surface area contributed by atoms with Crippen LogP contribution in [0.25, 0.3) is 5.69 Å². The first-order valence-electron chi connectivity index (χ1n) is 8.27. The summed E-state index contributed by atoms with van der Waals surface area (Å²) in [6.07, 6.45) is -10.1. The summed E-state index contributed by atoms with van der Waals surface area (Å²) in [5.74, 6) is -0.470. The normalized spacial score (nSPS) is 12.1. The first-order chi connectivity index (χ1) is 13.9. The van der Waals surface area contributed by atoms with Crippen molar-refractivity contribution >= 4 is 23.2 Å². The molecule has 1 amide bonds. The number of anilines is 1. The van der Waals surface area contributed by atoms with E-state index < -0.39 is 29.6 Å². The topological polar surface area (TPSA) is 38.1 Å². The summed E-state index contributed by atoms with van der Waals surface area (Å²) in [6, 6.07) is 11.1. The van der Waals surface area contributed by atoms with E-state index in [-0.39, 0.29) is 27.0 Å². The van der Waals surface area contributed by atoms with Gasteiger partial charge in [-0.1, -0.05) is 23.7 Å². The lowest BCUT2D eigenvalue weighted by atomic mass is 10.2. The third-order valence-corrected chi connectivity index (χ3v) is 4.51. The van der Waals surface area contributed by atoms with Crippen LogP contribution in [-0.2, 0) is 12.4 Å². The van der Waals surface area contributed by atoms with Crippen LogP contribution in [0.15, 0.2) is 54.6 Å². The van der Waals surface area contributed by atoms with Gasteiger partial charge in [-0.05, 0) is 36.4 Å². The van der Waals surface area contributed by atoms with Crippen molar-refractivity contribution in [1.29, 1.82) is 0 Å². The van der Waals surface area contributed by atoms with Crippen molar-refractivity contribution < 1.29 is 31.1 Å². The summed E-state index contributed by atoms with van der Waals surface area (Å²) in [5.41, 5.74) is -2.97. The van der Waals surface area contributed by atoms with Crippen LogP contribution in [-0.4, -0.2) is 22.7 Å². The van der Waals surface area contributed by atoms with Gasteiger partial charge in [0.2, 0.25) is 0 Å². The number of alkyl halides is 6. The summed E-state index contributed by atoms with van der Waals surface area (Å²) in [7, 11) is 1.43. The Kier molecular flexibility index (Phi) is 5.55. The summed E-state index contributed by atoms with van der Waals surface area (Å²) < 4.78 is 78.2. The van der Waals surface area contributed by atoms with Gasteiger partial charge in [0.15, 0.2) is 5.69 Å². The van der Waals surface area contributed by atoms with Gasteiger partial charge in [0.25, 0.3) is 5.91 Å². The molecule has 30 heavy (non-hydrogen) atoms. The van der Waals surface area contributed by atoms with Crippen LogP contribution in [0.5, 0.6) is 0 Å². The number of hydrogen-bond acceptors (Lipinski definition) is 2. The molecular weight excluding hydrogens is 436 g/mol. The summed E-state index contributed by atoms with van der Waals surface area (Å²) in [4.78, 5) is 13.8. The molecule has 0 N–H and O–H groups in total. The zero-order valence-electron chi connectivity index (χ0n) is 15.1. The van der Waals surface area contributed by atoms with Crippen LogP contribution in [0, 0.1) is 0 Å². The number of aromatic nitrogens is 2. The SMILES string of the molecule is CN(C(=O)c1ccccc1Cl)c1ccc(-n2nc(C(F)(F)F)cc2C(F)(F)F)cc1. The van der Waals surface area contributed by atoms with Crippen LogP contribution < -0.4 is 4.90 Å². The molecule has 0 atom stereocenters. The van der Waals surface area contributed by atoms with Crippen molar-refractivity contribution in [2.24, 2.45) is 0 Å². The maximum absolute atomic E-state index is 13.2. The molecular formula is C19H12ClF6N3O. The molecule has 0 aliphatic carbocycles. The molecule has 0 aliphatic heterocycles. The molecule has 2 aromatic carbocycles. The van der Waals surface area contributed by atoms with Gasteiger partial charge in [0.1, 0.15) is 5.69 Å². The minimum absolute atomic E-state index is 0.0546. The monoisotopic (exact) mass is 447 g/mol. The lowest BCUT2D eigenvalue weighted by molar-refractivity contribution is -0.143. The van der Waals surface area contributed by atoms with Crippen molar-refractivity contribution in [3.8, 4) is 5.69 Å². The lowest BCUT2D eigenvalue weighted by Crippen LogP contribution is -2.26. The largest absolute Gasteiger partial charge is 0.435 e. The second-order valence-electron chi connectivity index (χ2n) is 6.18. The van der Waals surface area contributed by atoms with Crippen molar-refractivity contribution in [3.63, 3.8) is 0 Å². The Labute approximate surface area is 171 Å². The summed E-state index contributed by atoms with van der Waals surface area (Å²) in [5, 5.41) is 3.28. The Morgan fingerprint density at radius 2 is 1.57 bits per heavy atom. The predicted octanol–water partition coefficient (Wildman–Crippen LogP) is 5.84. The van der Waals surface area contributed by atoms with E-state index in [0.29, 0.717) is 5.69 Å². The summed E-state index contributed by atoms with van der Waals surface area (Å²) in [6.45, 7) is 0. The highest BCUT2D eigenvalue weighted by molar-refractivity contribution is 6.34. The van der Waals surface area contributed by atoms with E-state index in [9.17, 15) is 31.1 Å². The zero-order valence-corrected chi connectivity index (χ0v) is 15.8. The molecule has 0 aliphatic rings. The predicted molar refractivity (Wildman–Crippen MR) is 97.8 cm³/mol. The number of halogens is 7. The van der Waals surface area contributed by atoms with E-state index in [1.807, 2.05) is 0 Å². The lowest BCUT2D eigenvalue weighted by Gasteiger charge is -2.19. The van der Waals surface area contributed by atoms with Crippen molar-refractivity contribution in [3.05, 3.63) is 76.6 Å². The molecule has 1 aromatic heterocycles. The van der Waals surface area contributed by atoms with Crippen molar-refractivity contribution in [2.75, 3.05) is 11.9 Å². The van der Waals surface area contributed by atoms with Crippen molar-refractivity contribution in [1.82, 2.24) is 9.78 Å². The first-order valence-corrected chi connectivity index (χ1v) is 8.65. The molecule has 0 bridgehead atoms. The van der Waals surface area contributed by atoms with E-state index >= 15 is 0 Å². The van der Waals surface area contributed by atoms with E-state index in [4.69, 9.17) is 11.6 Å². The molecule has 3 rings (SSSR count). The van der Waals surface area contributed by atoms with Crippen LogP contribution in [0.3, 0.4) is 0 Å². The van der Waals surface area contributed by atoms with Gasteiger partial charge in [0, 0.05) is 18.8 Å². The van der Waals surface area contributed by atoms with Crippen LogP contribution >= 0.6 is 11.6 Å². The van der Waals surface area contributed by atoms with Gasteiger partial charge in [0.05, 0.1) is 16.3 Å². The fourth-order valence-electron chi connectivity index (χ4n) is 2.67.